The van der Waals surface area contributed by atoms with Crippen LogP contribution in [-0.2, 0) is 34.0 Å². The molecule has 1 aliphatic heterocycles. The van der Waals surface area contributed by atoms with Gasteiger partial charge in [-0.05, 0) is 74.3 Å². The molecular weight excluding hydrogens is 722 g/mol. The number of amides is 4. The van der Waals surface area contributed by atoms with E-state index in [0.717, 1.165) is 19.3 Å². The quantitative estimate of drug-likeness (QED) is 0.148. The third-order valence-corrected chi connectivity index (χ3v) is 12.5. The van der Waals surface area contributed by atoms with Crippen molar-refractivity contribution in [3.8, 4) is 0 Å². The Labute approximate surface area is 311 Å². The maximum atomic E-state index is 14.5. The predicted octanol–water partition coefficient (Wildman–Crippen LogP) is 3.89. The zero-order chi connectivity index (χ0) is 38.6. The second-order valence-electron chi connectivity index (χ2n) is 15.7. The summed E-state index contributed by atoms with van der Waals surface area (Å²) in [5.74, 6) is -3.27. The first-order chi connectivity index (χ1) is 25.6. The van der Waals surface area contributed by atoms with E-state index in [9.17, 15) is 32.0 Å². The average Bonchev–Trinajstić information content (AvgIpc) is 4.03. The number of hydrogen-bond acceptors (Lipinski definition) is 10. The molecule has 0 unspecified atom stereocenters. The third kappa shape index (κ3) is 7.39. The van der Waals surface area contributed by atoms with Crippen LogP contribution in [0.4, 0.5) is 9.18 Å². The number of nitrogens with one attached hydrogen (secondary N) is 3. The minimum Gasteiger partial charge on any atom is -0.456 e. The van der Waals surface area contributed by atoms with Crippen LogP contribution in [-0.4, -0.2) is 78.8 Å². The van der Waals surface area contributed by atoms with Gasteiger partial charge in [-0.25, -0.2) is 17.6 Å². The molecule has 0 spiro atoms. The molecule has 1 aromatic heterocycles. The van der Waals surface area contributed by atoms with Gasteiger partial charge < -0.3 is 29.5 Å². The molecule has 3 N–H and O–H groups in total. The normalized spacial score (nSPS) is 25.1. The first-order valence-corrected chi connectivity index (χ1v) is 19.7. The fourth-order valence-electron chi connectivity index (χ4n) is 7.01. The Balaban J connectivity index is 1.20. The van der Waals surface area contributed by atoms with Gasteiger partial charge in [-0.3, -0.25) is 19.1 Å². The number of carbonyl (C=O) groups excluding carboxylic acids is 4. The summed E-state index contributed by atoms with van der Waals surface area (Å²) in [5.41, 5.74) is -1.60. The molecule has 54 heavy (non-hydrogen) atoms. The number of ether oxygens (including phenoxy) is 1. The van der Waals surface area contributed by atoms with Crippen LogP contribution < -0.4 is 20.7 Å². The molecule has 14 nitrogen and oxygen atoms in total. The highest BCUT2D eigenvalue weighted by molar-refractivity contribution is 7.91. The average molecular weight is 766 g/mol. The van der Waals surface area contributed by atoms with Crippen molar-refractivity contribution >= 4 is 55.8 Å². The lowest BCUT2D eigenvalue weighted by molar-refractivity contribution is -0.143. The number of hydrogen-bond donors (Lipinski definition) is 3. The highest BCUT2D eigenvalue weighted by Crippen LogP contribution is 2.45. The zero-order valence-corrected chi connectivity index (χ0v) is 31.1. The number of carbonyl (C=O) groups is 4. The lowest BCUT2D eigenvalue weighted by Gasteiger charge is -2.36. The number of para-hydroxylation sites is 1. The lowest BCUT2D eigenvalue weighted by Crippen LogP contribution is -2.60. The molecule has 3 aromatic rings. The van der Waals surface area contributed by atoms with Crippen molar-refractivity contribution in [3.63, 3.8) is 0 Å². The van der Waals surface area contributed by atoms with E-state index in [1.807, 2.05) is 0 Å². The smallest absolute Gasteiger partial charge is 0.408 e. The van der Waals surface area contributed by atoms with Crippen molar-refractivity contribution in [2.75, 3.05) is 6.54 Å². The van der Waals surface area contributed by atoms with Crippen molar-refractivity contribution in [3.05, 3.63) is 66.3 Å². The van der Waals surface area contributed by atoms with Crippen LogP contribution >= 0.6 is 0 Å². The van der Waals surface area contributed by atoms with E-state index in [2.05, 4.69) is 27.1 Å². The highest BCUT2D eigenvalue weighted by Gasteiger charge is 2.62. The van der Waals surface area contributed by atoms with Crippen LogP contribution in [0.25, 0.3) is 21.9 Å². The molecule has 2 heterocycles. The van der Waals surface area contributed by atoms with Gasteiger partial charge in [0.15, 0.2) is 0 Å². The number of halogens is 1. The third-order valence-electron chi connectivity index (χ3n) is 10.7. The van der Waals surface area contributed by atoms with Crippen molar-refractivity contribution < 1.29 is 46.0 Å². The van der Waals surface area contributed by atoms with Crippen LogP contribution in [0, 0.1) is 17.2 Å². The van der Waals surface area contributed by atoms with Gasteiger partial charge in [0.25, 0.3) is 5.91 Å². The second kappa shape index (κ2) is 14.0. The molecule has 288 valence electrons. The van der Waals surface area contributed by atoms with E-state index in [4.69, 9.17) is 14.0 Å². The molecule has 2 aromatic carbocycles. The monoisotopic (exact) mass is 765 g/mol. The van der Waals surface area contributed by atoms with Gasteiger partial charge in [0.05, 0.1) is 11.8 Å². The Morgan fingerprint density at radius 2 is 1.78 bits per heavy atom. The fourth-order valence-corrected chi connectivity index (χ4v) is 8.37. The number of nitrogens with zero attached hydrogens (tertiary/aromatic N) is 2. The van der Waals surface area contributed by atoms with Crippen molar-refractivity contribution in [1.82, 2.24) is 20.3 Å². The summed E-state index contributed by atoms with van der Waals surface area (Å²) in [6, 6.07) is 8.70. The molecule has 3 aliphatic carbocycles. The van der Waals surface area contributed by atoms with Crippen LogP contribution in [0.2, 0.25) is 0 Å². The van der Waals surface area contributed by atoms with Crippen molar-refractivity contribution in [2.24, 2.45) is 16.5 Å². The second-order valence-corrected chi connectivity index (χ2v) is 17.7. The van der Waals surface area contributed by atoms with Crippen LogP contribution in [0.5, 0.6) is 0 Å². The van der Waals surface area contributed by atoms with Gasteiger partial charge >= 0.3 is 6.09 Å². The maximum absolute atomic E-state index is 14.5. The Morgan fingerprint density at radius 1 is 1.06 bits per heavy atom. The molecular formula is C38H44FN5O9S. The van der Waals surface area contributed by atoms with E-state index in [1.54, 1.807) is 45.0 Å². The van der Waals surface area contributed by atoms with E-state index in [0.29, 0.717) is 34.8 Å². The number of fused-ring (bicyclic) bond motifs is 2. The van der Waals surface area contributed by atoms with Gasteiger partial charge in [0, 0.05) is 23.1 Å². The summed E-state index contributed by atoms with van der Waals surface area (Å²) >= 11 is 0. The Kier molecular flexibility index (Phi) is 9.69. The topological polar surface area (TPSA) is 186 Å². The summed E-state index contributed by atoms with van der Waals surface area (Å²) in [7, 11) is -3.93. The summed E-state index contributed by atoms with van der Waals surface area (Å²) in [5, 5.41) is 10.4. The van der Waals surface area contributed by atoms with Crippen LogP contribution in [0.15, 0.2) is 64.7 Å². The SMILES string of the molecule is C=C[C@@H]1C[C@@]1(NC(=O)[C@@H]1C[C@@H](O/N=c2\c3ccccc3oc3ccc(F)cc23)CN1C(=O)[C@@H](NC(=O)OC1CCC1)C(C)(C)C)C(=O)NS(=O)(=O)C1CC1. The van der Waals surface area contributed by atoms with Crippen LogP contribution in [0.1, 0.15) is 65.7 Å². The summed E-state index contributed by atoms with van der Waals surface area (Å²) in [6.45, 7) is 8.91. The number of sulfonamides is 1. The Morgan fingerprint density at radius 3 is 2.43 bits per heavy atom. The molecule has 5 atom stereocenters. The van der Waals surface area contributed by atoms with Gasteiger partial charge in [0.1, 0.15) is 52.2 Å². The predicted molar refractivity (Wildman–Crippen MR) is 194 cm³/mol. The zero-order valence-electron chi connectivity index (χ0n) is 30.3. The van der Waals surface area contributed by atoms with Crippen molar-refractivity contribution in [1.29, 1.82) is 0 Å². The molecule has 16 heteroatoms. The van der Waals surface area contributed by atoms with Gasteiger partial charge in [-0.15, -0.1) is 6.58 Å². The number of benzene rings is 2. The molecule has 4 amide bonds. The number of alkyl carbamates (subject to hydrolysis) is 1. The summed E-state index contributed by atoms with van der Waals surface area (Å²) in [6.07, 6.45) is 2.92. The molecule has 4 aliphatic rings. The van der Waals surface area contributed by atoms with Gasteiger partial charge in [0.2, 0.25) is 21.8 Å². The number of likely N-dealkylation sites (tertiary alicyclic amines) is 1. The molecule has 4 fully saturated rings. The van der Waals surface area contributed by atoms with Crippen molar-refractivity contribution in [2.45, 2.75) is 101 Å². The van der Waals surface area contributed by atoms with E-state index >= 15 is 0 Å². The van der Waals surface area contributed by atoms with Gasteiger partial charge in [-0.1, -0.05) is 44.1 Å². The first kappa shape index (κ1) is 37.3. The summed E-state index contributed by atoms with van der Waals surface area (Å²) in [4.78, 5) is 62.5. The highest BCUT2D eigenvalue weighted by atomic mass is 32.2. The fraction of sp³-hybridized carbons (Fsp3) is 0.500. The summed E-state index contributed by atoms with van der Waals surface area (Å²) < 4.78 is 53.4. The Hall–Kier alpha value is -4.99. The van der Waals surface area contributed by atoms with E-state index in [1.165, 1.54) is 29.2 Å². The molecule has 1 saturated heterocycles. The molecule has 3 saturated carbocycles. The lowest BCUT2D eigenvalue weighted by atomic mass is 9.85. The van der Waals surface area contributed by atoms with Gasteiger partial charge in [-0.2, -0.15) is 0 Å². The van der Waals surface area contributed by atoms with E-state index in [-0.39, 0.29) is 30.8 Å². The Bertz CT molecular complexity index is 2210. The molecule has 7 rings (SSSR count). The minimum absolute atomic E-state index is 0.0806. The first-order valence-electron chi connectivity index (χ1n) is 18.2. The molecule has 0 bridgehead atoms. The van der Waals surface area contributed by atoms with Crippen LogP contribution in [0.3, 0.4) is 0 Å². The standard InChI is InChI=1S/C38H44FN5O9S/c1-5-21-19-38(21,35(47)43-54(49,50)25-14-15-25)41-33(45)28-18-24(20-44(28)34(46)32(37(2,3)4)40-36(48)51-23-9-8-10-23)53-42-31-26-11-6-7-12-29(26)52-30-16-13-22(39)17-27(30)31/h5-7,11-13,16-17,21,23-25,28,32H,1,8-10,14-15,18-20H2,2-4H3,(H,40,48)(H,41,45)(H,43,47)/b42-31+/t21-,24-,28+,32-,38+/m1/s1. The van der Waals surface area contributed by atoms with E-state index < -0.39 is 80.0 Å². The maximum Gasteiger partial charge on any atom is 0.408 e. The number of rotatable bonds is 11. The largest absolute Gasteiger partial charge is 0.456 e. The molecule has 0 radical (unpaired) electrons. The minimum atomic E-state index is -3.93.